The molecule has 2 nitrogen and oxygen atoms in total. The third-order valence-electron chi connectivity index (χ3n) is 2.34. The van der Waals surface area contributed by atoms with Crippen LogP contribution in [0.1, 0.15) is 12.5 Å². The van der Waals surface area contributed by atoms with Crippen LogP contribution in [0.4, 0.5) is 0 Å². The van der Waals surface area contributed by atoms with Crippen molar-refractivity contribution >= 4 is 19.9 Å². The molecule has 0 aliphatic carbocycles. The summed E-state index contributed by atoms with van der Waals surface area (Å²) in [5, 5.41) is 9.30. The van der Waals surface area contributed by atoms with Gasteiger partial charge in [-0.25, -0.2) is 0 Å². The zero-order chi connectivity index (χ0) is 12.2. The Morgan fingerprint density at radius 2 is 1.94 bits per heavy atom. The minimum Gasteiger partial charge on any atom is -0.395 e. The smallest absolute Gasteiger partial charge is 0.203 e. The van der Waals surface area contributed by atoms with Gasteiger partial charge >= 0.3 is 0 Å². The Morgan fingerprint density at radius 3 is 2.38 bits per heavy atom. The van der Waals surface area contributed by atoms with Crippen molar-refractivity contribution < 1.29 is 4.43 Å². The van der Waals surface area contributed by atoms with E-state index in [1.807, 2.05) is 43.4 Å². The lowest BCUT2D eigenvalue weighted by Gasteiger charge is -2.31. The number of halogens is 1. The normalized spacial score (nSPS) is 15.2. The SMILES string of the molecule is CC(C#N)(O[Si](C)(C)CCl)c1ccccc1. The summed E-state index contributed by atoms with van der Waals surface area (Å²) in [6.07, 6.45) is 0. The van der Waals surface area contributed by atoms with Gasteiger partial charge < -0.3 is 4.43 Å². The Hall–Kier alpha value is -0.823. The molecule has 1 atom stereocenters. The first kappa shape index (κ1) is 13.2. The highest BCUT2D eigenvalue weighted by Crippen LogP contribution is 2.28. The molecule has 0 spiro atoms. The molecule has 0 heterocycles. The van der Waals surface area contributed by atoms with Gasteiger partial charge in [0.15, 0.2) is 5.60 Å². The molecule has 4 heteroatoms. The fraction of sp³-hybridized carbons (Fsp3) is 0.417. The predicted octanol–water partition coefficient (Wildman–Crippen LogP) is 3.43. The van der Waals surface area contributed by atoms with Crippen molar-refractivity contribution in [1.82, 2.24) is 0 Å². The van der Waals surface area contributed by atoms with E-state index >= 15 is 0 Å². The van der Waals surface area contributed by atoms with Crippen molar-refractivity contribution in [3.63, 3.8) is 0 Å². The van der Waals surface area contributed by atoms with Crippen LogP contribution in [-0.2, 0) is 10.0 Å². The lowest BCUT2D eigenvalue weighted by atomic mass is 9.98. The number of hydrogen-bond donors (Lipinski definition) is 0. The van der Waals surface area contributed by atoms with Crippen molar-refractivity contribution in [3.05, 3.63) is 35.9 Å². The molecule has 1 aromatic carbocycles. The van der Waals surface area contributed by atoms with Crippen LogP contribution in [0.25, 0.3) is 0 Å². The van der Waals surface area contributed by atoms with Crippen LogP contribution in [-0.4, -0.2) is 13.8 Å². The summed E-state index contributed by atoms with van der Waals surface area (Å²) in [6, 6.07) is 11.8. The van der Waals surface area contributed by atoms with Crippen molar-refractivity contribution in [2.24, 2.45) is 0 Å². The third-order valence-corrected chi connectivity index (χ3v) is 5.88. The number of benzene rings is 1. The van der Waals surface area contributed by atoms with E-state index in [1.54, 1.807) is 6.92 Å². The maximum atomic E-state index is 9.30. The van der Waals surface area contributed by atoms with Crippen molar-refractivity contribution in [3.8, 4) is 6.07 Å². The second-order valence-electron chi connectivity index (χ2n) is 4.51. The second-order valence-corrected chi connectivity index (χ2v) is 9.30. The molecule has 0 aliphatic heterocycles. The van der Waals surface area contributed by atoms with Gasteiger partial charge in [-0.3, -0.25) is 0 Å². The highest BCUT2D eigenvalue weighted by Gasteiger charge is 2.35. The van der Waals surface area contributed by atoms with Gasteiger partial charge in [0, 0.05) is 5.50 Å². The Morgan fingerprint density at radius 1 is 1.38 bits per heavy atom. The average Bonchev–Trinajstić information content (AvgIpc) is 2.29. The molecule has 1 unspecified atom stereocenters. The van der Waals surface area contributed by atoms with Gasteiger partial charge in [0.2, 0.25) is 8.32 Å². The van der Waals surface area contributed by atoms with E-state index in [-0.39, 0.29) is 0 Å². The van der Waals surface area contributed by atoms with Gasteiger partial charge in [-0.1, -0.05) is 30.3 Å². The molecular weight excluding hydrogens is 238 g/mol. The number of nitriles is 1. The highest BCUT2D eigenvalue weighted by molar-refractivity contribution is 6.77. The first-order chi connectivity index (χ1) is 7.43. The molecule has 0 saturated heterocycles. The van der Waals surface area contributed by atoms with Crippen LogP contribution in [0.2, 0.25) is 13.1 Å². The van der Waals surface area contributed by atoms with Crippen LogP contribution >= 0.6 is 11.6 Å². The molecule has 0 amide bonds. The zero-order valence-corrected chi connectivity index (χ0v) is 11.6. The first-order valence-corrected chi connectivity index (χ1v) is 8.81. The van der Waals surface area contributed by atoms with E-state index < -0.39 is 13.9 Å². The third kappa shape index (κ3) is 3.08. The summed E-state index contributed by atoms with van der Waals surface area (Å²) in [5.41, 5.74) is 0.464. The maximum Gasteiger partial charge on any atom is 0.203 e. The van der Waals surface area contributed by atoms with Gasteiger partial charge in [-0.2, -0.15) is 5.26 Å². The molecular formula is C12H16ClNOSi. The molecule has 0 N–H and O–H groups in total. The largest absolute Gasteiger partial charge is 0.395 e. The lowest BCUT2D eigenvalue weighted by Crippen LogP contribution is -2.42. The van der Waals surface area contributed by atoms with Crippen molar-refractivity contribution in [2.45, 2.75) is 25.6 Å². The molecule has 0 radical (unpaired) electrons. The number of rotatable bonds is 4. The van der Waals surface area contributed by atoms with E-state index in [0.29, 0.717) is 5.50 Å². The monoisotopic (exact) mass is 253 g/mol. The van der Waals surface area contributed by atoms with Crippen LogP contribution in [0.3, 0.4) is 0 Å². The van der Waals surface area contributed by atoms with Gasteiger partial charge in [0.25, 0.3) is 0 Å². The molecule has 16 heavy (non-hydrogen) atoms. The van der Waals surface area contributed by atoms with Gasteiger partial charge in [-0.05, 0) is 25.6 Å². The van der Waals surface area contributed by atoms with E-state index in [1.165, 1.54) is 0 Å². The fourth-order valence-corrected chi connectivity index (χ4v) is 2.97. The fourth-order valence-electron chi connectivity index (χ4n) is 1.48. The summed E-state index contributed by atoms with van der Waals surface area (Å²) >= 11 is 5.87. The molecule has 0 fully saturated rings. The topological polar surface area (TPSA) is 33.0 Å². The summed E-state index contributed by atoms with van der Waals surface area (Å²) < 4.78 is 5.96. The summed E-state index contributed by atoms with van der Waals surface area (Å²) in [7, 11) is -1.97. The Kier molecular flexibility index (Phi) is 4.14. The minimum atomic E-state index is -1.97. The summed E-state index contributed by atoms with van der Waals surface area (Å²) in [5.74, 6) is 0. The quantitative estimate of drug-likeness (QED) is 0.609. The minimum absolute atomic E-state index is 0.483. The molecule has 0 saturated carbocycles. The first-order valence-electron chi connectivity index (χ1n) is 5.16. The van der Waals surface area contributed by atoms with Crippen LogP contribution < -0.4 is 0 Å². The van der Waals surface area contributed by atoms with Crippen LogP contribution in [0, 0.1) is 11.3 Å². The highest BCUT2D eigenvalue weighted by atomic mass is 35.5. The number of nitrogens with zero attached hydrogens (tertiary/aromatic N) is 1. The standard InChI is InChI=1S/C12H16ClNOSi/c1-12(9-14,15-16(2,3)10-13)11-7-5-4-6-8-11/h4-8H,10H2,1-3H3. The van der Waals surface area contributed by atoms with Crippen LogP contribution in [0.5, 0.6) is 0 Å². The Balaban J connectivity index is 3.01. The van der Waals surface area contributed by atoms with E-state index in [4.69, 9.17) is 16.0 Å². The lowest BCUT2D eigenvalue weighted by molar-refractivity contribution is 0.140. The van der Waals surface area contributed by atoms with Gasteiger partial charge in [0.1, 0.15) is 6.07 Å². The summed E-state index contributed by atoms with van der Waals surface area (Å²) in [6.45, 7) is 5.82. The summed E-state index contributed by atoms with van der Waals surface area (Å²) in [4.78, 5) is 0. The van der Waals surface area contributed by atoms with E-state index in [0.717, 1.165) is 5.56 Å². The molecule has 0 aliphatic rings. The number of hydrogen-bond acceptors (Lipinski definition) is 2. The predicted molar refractivity (Wildman–Crippen MR) is 68.7 cm³/mol. The molecule has 0 aromatic heterocycles. The van der Waals surface area contributed by atoms with Crippen LogP contribution in [0.15, 0.2) is 30.3 Å². The van der Waals surface area contributed by atoms with E-state index in [9.17, 15) is 5.26 Å². The second kappa shape index (κ2) is 5.01. The zero-order valence-electron chi connectivity index (χ0n) is 9.83. The molecule has 0 bridgehead atoms. The van der Waals surface area contributed by atoms with E-state index in [2.05, 4.69) is 6.07 Å². The van der Waals surface area contributed by atoms with Crippen molar-refractivity contribution in [1.29, 1.82) is 5.26 Å². The molecule has 86 valence electrons. The molecule has 1 rings (SSSR count). The maximum absolute atomic E-state index is 9.30. The van der Waals surface area contributed by atoms with Gasteiger partial charge in [-0.15, -0.1) is 11.6 Å². The van der Waals surface area contributed by atoms with Crippen molar-refractivity contribution in [2.75, 3.05) is 5.50 Å². The molecule has 1 aromatic rings. The average molecular weight is 254 g/mol. The Bertz CT molecular complexity index is 388. The Labute approximate surface area is 103 Å². The van der Waals surface area contributed by atoms with Gasteiger partial charge in [0.05, 0.1) is 0 Å². The number of alkyl halides is 1.